The van der Waals surface area contributed by atoms with Gasteiger partial charge in [-0.05, 0) is 30.2 Å². The number of carbonyl (C=O) groups excluding carboxylic acids is 1. The topological polar surface area (TPSA) is 97.5 Å². The maximum Gasteiger partial charge on any atom is 0.339 e. The molecular weight excluding hydrogens is 250 g/mol. The van der Waals surface area contributed by atoms with E-state index in [0.717, 1.165) is 0 Å². The Labute approximate surface area is 109 Å². The zero-order valence-corrected chi connectivity index (χ0v) is 10.3. The van der Waals surface area contributed by atoms with Gasteiger partial charge < -0.3 is 5.11 Å². The van der Waals surface area contributed by atoms with Crippen molar-refractivity contribution in [3.05, 3.63) is 45.5 Å². The molecule has 0 amide bonds. The third-order valence-corrected chi connectivity index (χ3v) is 2.42. The van der Waals surface area contributed by atoms with E-state index in [1.165, 1.54) is 30.3 Å². The third-order valence-electron chi connectivity index (χ3n) is 2.42. The highest BCUT2D eigenvalue weighted by molar-refractivity contribution is 6.19. The Bertz CT molecular complexity index is 530. The lowest BCUT2D eigenvalue weighted by atomic mass is 10.0. The fourth-order valence-corrected chi connectivity index (χ4v) is 1.48. The summed E-state index contributed by atoms with van der Waals surface area (Å²) in [6.45, 7) is 1.78. The first-order chi connectivity index (χ1) is 8.95. The summed E-state index contributed by atoms with van der Waals surface area (Å²) in [5, 5.41) is 19.5. The van der Waals surface area contributed by atoms with Crippen molar-refractivity contribution in [2.75, 3.05) is 0 Å². The van der Waals surface area contributed by atoms with Gasteiger partial charge in [0.25, 0.3) is 5.69 Å². The van der Waals surface area contributed by atoms with Gasteiger partial charge in [-0.1, -0.05) is 6.92 Å². The van der Waals surface area contributed by atoms with Crippen molar-refractivity contribution in [2.45, 2.75) is 19.8 Å². The lowest BCUT2D eigenvalue weighted by Crippen LogP contribution is -2.11. The van der Waals surface area contributed by atoms with Crippen LogP contribution in [-0.2, 0) is 9.59 Å². The molecule has 0 saturated heterocycles. The van der Waals surface area contributed by atoms with E-state index in [1.54, 1.807) is 6.92 Å². The Morgan fingerprint density at radius 1 is 1.32 bits per heavy atom. The predicted octanol–water partition coefficient (Wildman–Crippen LogP) is 2.43. The number of nitro groups is 1. The van der Waals surface area contributed by atoms with Crippen molar-refractivity contribution >= 4 is 23.5 Å². The van der Waals surface area contributed by atoms with Gasteiger partial charge in [0.2, 0.25) is 0 Å². The van der Waals surface area contributed by atoms with Gasteiger partial charge in [0.15, 0.2) is 5.78 Å². The number of ketones is 1. The number of carboxylic acids is 1. The van der Waals surface area contributed by atoms with Crippen molar-refractivity contribution in [1.29, 1.82) is 0 Å². The van der Waals surface area contributed by atoms with Crippen LogP contribution in [0.4, 0.5) is 5.69 Å². The molecule has 0 heterocycles. The molecule has 0 aliphatic rings. The van der Waals surface area contributed by atoms with E-state index in [0.29, 0.717) is 12.0 Å². The van der Waals surface area contributed by atoms with Crippen molar-refractivity contribution in [3.8, 4) is 0 Å². The first-order valence-corrected chi connectivity index (χ1v) is 5.68. The zero-order chi connectivity index (χ0) is 14.4. The highest BCUT2D eigenvalue weighted by Crippen LogP contribution is 2.15. The van der Waals surface area contributed by atoms with Gasteiger partial charge in [-0.2, -0.15) is 0 Å². The number of carboxylic acid groups (broad SMARTS) is 1. The van der Waals surface area contributed by atoms with Gasteiger partial charge in [-0.25, -0.2) is 4.79 Å². The van der Waals surface area contributed by atoms with Gasteiger partial charge in [-0.15, -0.1) is 0 Å². The Morgan fingerprint density at radius 2 is 1.89 bits per heavy atom. The van der Waals surface area contributed by atoms with Crippen molar-refractivity contribution in [3.63, 3.8) is 0 Å². The minimum absolute atomic E-state index is 0.0890. The Balaban J connectivity index is 3.05. The van der Waals surface area contributed by atoms with E-state index < -0.39 is 16.7 Å². The lowest BCUT2D eigenvalue weighted by molar-refractivity contribution is -0.384. The average Bonchev–Trinajstić information content (AvgIpc) is 2.36. The Morgan fingerprint density at radius 3 is 2.32 bits per heavy atom. The first kappa shape index (κ1) is 14.6. The maximum absolute atomic E-state index is 11.6. The minimum Gasteiger partial charge on any atom is -0.478 e. The van der Waals surface area contributed by atoms with Gasteiger partial charge in [0.1, 0.15) is 5.57 Å². The average molecular weight is 263 g/mol. The molecular formula is C13H13NO5. The molecule has 0 saturated carbocycles. The second-order valence-corrected chi connectivity index (χ2v) is 3.88. The Kier molecular flexibility index (Phi) is 4.93. The Hall–Kier alpha value is -2.50. The molecule has 0 bridgehead atoms. The number of hydrogen-bond acceptors (Lipinski definition) is 4. The quantitative estimate of drug-likeness (QED) is 0.279. The van der Waals surface area contributed by atoms with Crippen LogP contribution >= 0.6 is 0 Å². The molecule has 6 nitrogen and oxygen atoms in total. The monoisotopic (exact) mass is 263 g/mol. The van der Waals surface area contributed by atoms with Gasteiger partial charge in [-0.3, -0.25) is 14.9 Å². The smallest absolute Gasteiger partial charge is 0.339 e. The summed E-state index contributed by atoms with van der Waals surface area (Å²) >= 11 is 0. The number of rotatable bonds is 6. The molecule has 1 N–H and O–H groups in total. The largest absolute Gasteiger partial charge is 0.478 e. The lowest BCUT2D eigenvalue weighted by Gasteiger charge is -2.01. The van der Waals surface area contributed by atoms with E-state index in [2.05, 4.69) is 0 Å². The summed E-state index contributed by atoms with van der Waals surface area (Å²) in [7, 11) is 0. The van der Waals surface area contributed by atoms with E-state index in [1.807, 2.05) is 0 Å². The summed E-state index contributed by atoms with van der Waals surface area (Å²) in [6.07, 6.45) is 1.94. The molecule has 0 aliphatic heterocycles. The predicted molar refractivity (Wildman–Crippen MR) is 68.6 cm³/mol. The molecule has 0 aromatic heterocycles. The van der Waals surface area contributed by atoms with Gasteiger partial charge in [0, 0.05) is 18.6 Å². The summed E-state index contributed by atoms with van der Waals surface area (Å²) in [6, 6.07) is 5.33. The molecule has 0 atom stereocenters. The van der Waals surface area contributed by atoms with Crippen LogP contribution in [0.1, 0.15) is 25.3 Å². The van der Waals surface area contributed by atoms with Crippen molar-refractivity contribution in [2.24, 2.45) is 0 Å². The van der Waals surface area contributed by atoms with Crippen LogP contribution in [0.25, 0.3) is 6.08 Å². The summed E-state index contributed by atoms with van der Waals surface area (Å²) in [4.78, 5) is 32.5. The summed E-state index contributed by atoms with van der Waals surface area (Å²) in [5.74, 6) is -1.75. The third kappa shape index (κ3) is 4.02. The standard InChI is InChI=1S/C13H13NO5/c1-2-3-12(15)11(13(16)17)8-9-4-6-10(7-5-9)14(18)19/h4-8H,2-3H2,1H3,(H,16,17)/b11-8+. The van der Waals surface area contributed by atoms with Crippen LogP contribution in [0.2, 0.25) is 0 Å². The molecule has 1 aromatic carbocycles. The van der Waals surface area contributed by atoms with Crippen LogP contribution in [0.15, 0.2) is 29.8 Å². The van der Waals surface area contributed by atoms with Crippen LogP contribution in [0.3, 0.4) is 0 Å². The number of hydrogen-bond donors (Lipinski definition) is 1. The number of benzene rings is 1. The number of aliphatic carboxylic acids is 1. The summed E-state index contributed by atoms with van der Waals surface area (Å²) in [5.41, 5.74) is 0.0389. The van der Waals surface area contributed by atoms with E-state index >= 15 is 0 Å². The molecule has 0 aliphatic carbocycles. The van der Waals surface area contributed by atoms with Crippen molar-refractivity contribution < 1.29 is 19.6 Å². The SMILES string of the molecule is CCCC(=O)/C(=C\c1ccc([N+](=O)[O-])cc1)C(=O)O. The maximum atomic E-state index is 11.6. The van der Waals surface area contributed by atoms with E-state index in [-0.39, 0.29) is 17.7 Å². The normalized spacial score (nSPS) is 11.1. The van der Waals surface area contributed by atoms with Crippen molar-refractivity contribution in [1.82, 2.24) is 0 Å². The highest BCUT2D eigenvalue weighted by Gasteiger charge is 2.16. The van der Waals surface area contributed by atoms with E-state index in [9.17, 15) is 19.7 Å². The van der Waals surface area contributed by atoms with Crippen LogP contribution in [0.5, 0.6) is 0 Å². The van der Waals surface area contributed by atoms with Gasteiger partial charge in [0.05, 0.1) is 4.92 Å². The van der Waals surface area contributed by atoms with E-state index in [4.69, 9.17) is 5.11 Å². The molecule has 0 spiro atoms. The number of Topliss-reactive ketones (excluding diaryl/α,β-unsaturated/α-hetero) is 1. The number of non-ortho nitro benzene ring substituents is 1. The number of nitrogens with zero attached hydrogens (tertiary/aromatic N) is 1. The molecule has 0 fully saturated rings. The minimum atomic E-state index is -1.29. The molecule has 1 rings (SSSR count). The first-order valence-electron chi connectivity index (χ1n) is 5.68. The number of nitro benzene ring substituents is 1. The fourth-order valence-electron chi connectivity index (χ4n) is 1.48. The molecule has 0 unspecified atom stereocenters. The second kappa shape index (κ2) is 6.44. The highest BCUT2D eigenvalue weighted by atomic mass is 16.6. The van der Waals surface area contributed by atoms with Gasteiger partial charge >= 0.3 is 5.97 Å². The van der Waals surface area contributed by atoms with Crippen LogP contribution in [-0.4, -0.2) is 21.8 Å². The van der Waals surface area contributed by atoms with Crippen LogP contribution in [0, 0.1) is 10.1 Å². The summed E-state index contributed by atoms with van der Waals surface area (Å²) < 4.78 is 0. The molecule has 0 radical (unpaired) electrons. The molecule has 100 valence electrons. The zero-order valence-electron chi connectivity index (χ0n) is 10.3. The van der Waals surface area contributed by atoms with Crippen LogP contribution < -0.4 is 0 Å². The molecule has 6 heteroatoms. The molecule has 1 aromatic rings. The number of carbonyl (C=O) groups is 2. The molecule has 19 heavy (non-hydrogen) atoms. The second-order valence-electron chi connectivity index (χ2n) is 3.88. The fraction of sp³-hybridized carbons (Fsp3) is 0.231.